The average molecular weight is 282 g/mol. The van der Waals surface area contributed by atoms with Gasteiger partial charge >= 0.3 is 5.97 Å². The van der Waals surface area contributed by atoms with Gasteiger partial charge in [0, 0.05) is 10.3 Å². The Morgan fingerprint density at radius 3 is 2.83 bits per heavy atom. The highest BCUT2D eigenvalue weighted by Gasteiger charge is 2.11. The molecule has 0 saturated carbocycles. The van der Waals surface area contributed by atoms with E-state index in [2.05, 4.69) is 10.3 Å². The molecule has 7 heteroatoms. The van der Waals surface area contributed by atoms with Crippen LogP contribution in [0.15, 0.2) is 17.5 Å². The molecule has 0 radical (unpaired) electrons. The molecule has 2 aromatic rings. The highest BCUT2D eigenvalue weighted by atomic mass is 32.1. The molecule has 0 aliphatic carbocycles. The number of nitrogens with one attached hydrogen (secondary N) is 1. The highest BCUT2D eigenvalue weighted by molar-refractivity contribution is 7.15. The van der Waals surface area contributed by atoms with E-state index in [1.54, 1.807) is 11.4 Å². The Bertz CT molecular complexity index is 589. The van der Waals surface area contributed by atoms with Crippen molar-refractivity contribution in [3.63, 3.8) is 0 Å². The Morgan fingerprint density at radius 1 is 1.44 bits per heavy atom. The van der Waals surface area contributed by atoms with Gasteiger partial charge in [0.25, 0.3) is 5.91 Å². The van der Waals surface area contributed by atoms with Gasteiger partial charge < -0.3 is 5.11 Å². The summed E-state index contributed by atoms with van der Waals surface area (Å²) in [5, 5.41) is 13.3. The molecule has 94 valence electrons. The van der Waals surface area contributed by atoms with Gasteiger partial charge in [0.15, 0.2) is 5.13 Å². The summed E-state index contributed by atoms with van der Waals surface area (Å²) < 4.78 is 0. The molecule has 2 rings (SSSR count). The number of carboxylic acids is 1. The van der Waals surface area contributed by atoms with Crippen molar-refractivity contribution in [3.05, 3.63) is 33.0 Å². The smallest absolute Gasteiger partial charge is 0.309 e. The van der Waals surface area contributed by atoms with Crippen LogP contribution in [-0.2, 0) is 11.2 Å². The fourth-order valence-electron chi connectivity index (χ4n) is 1.32. The molecule has 0 spiro atoms. The van der Waals surface area contributed by atoms with Crippen LogP contribution in [0.4, 0.5) is 5.13 Å². The summed E-state index contributed by atoms with van der Waals surface area (Å²) in [6.07, 6.45) is -0.134. The Labute approximate surface area is 111 Å². The number of nitrogens with zero attached hydrogens (tertiary/aromatic N) is 1. The molecule has 0 aromatic carbocycles. The first-order valence-electron chi connectivity index (χ1n) is 5.08. The van der Waals surface area contributed by atoms with Gasteiger partial charge in [-0.15, -0.1) is 22.7 Å². The second-order valence-corrected chi connectivity index (χ2v) is 5.72. The van der Waals surface area contributed by atoms with Gasteiger partial charge in [0.1, 0.15) is 0 Å². The van der Waals surface area contributed by atoms with Crippen molar-refractivity contribution >= 4 is 39.7 Å². The first kappa shape index (κ1) is 12.7. The standard InChI is InChI=1S/C11H10N2O3S2/c1-6-2-3-8(18-6)10(16)13-11-12-7(5-17-11)4-9(14)15/h2-3,5H,4H2,1H3,(H,14,15)(H,12,13,16). The van der Waals surface area contributed by atoms with Crippen molar-refractivity contribution in [2.45, 2.75) is 13.3 Å². The van der Waals surface area contributed by atoms with Crippen LogP contribution in [0.1, 0.15) is 20.2 Å². The van der Waals surface area contributed by atoms with E-state index in [4.69, 9.17) is 5.11 Å². The quantitative estimate of drug-likeness (QED) is 0.902. The summed E-state index contributed by atoms with van der Waals surface area (Å²) in [7, 11) is 0. The maximum Gasteiger partial charge on any atom is 0.309 e. The number of amides is 1. The molecule has 2 N–H and O–H groups in total. The number of aromatic nitrogens is 1. The maximum absolute atomic E-state index is 11.8. The first-order valence-corrected chi connectivity index (χ1v) is 6.78. The van der Waals surface area contributed by atoms with E-state index in [1.807, 2.05) is 13.0 Å². The van der Waals surface area contributed by atoms with Crippen LogP contribution < -0.4 is 5.32 Å². The zero-order valence-corrected chi connectivity index (χ0v) is 11.1. The van der Waals surface area contributed by atoms with Crippen molar-refractivity contribution in [1.29, 1.82) is 0 Å². The number of carbonyl (C=O) groups is 2. The molecule has 0 aliphatic rings. The summed E-state index contributed by atoms with van der Waals surface area (Å²) in [4.78, 5) is 28.0. The fraction of sp³-hybridized carbons (Fsp3) is 0.182. The zero-order valence-electron chi connectivity index (χ0n) is 9.47. The number of thiazole rings is 1. The average Bonchev–Trinajstić information content (AvgIpc) is 2.87. The number of rotatable bonds is 4. The zero-order chi connectivity index (χ0) is 13.1. The van der Waals surface area contributed by atoms with E-state index in [1.165, 1.54) is 22.7 Å². The van der Waals surface area contributed by atoms with E-state index in [0.717, 1.165) is 4.88 Å². The Balaban J connectivity index is 2.03. The van der Waals surface area contributed by atoms with Gasteiger partial charge in [0.2, 0.25) is 0 Å². The second-order valence-electron chi connectivity index (χ2n) is 3.58. The van der Waals surface area contributed by atoms with Gasteiger partial charge in [-0.1, -0.05) is 0 Å². The number of aliphatic carboxylic acids is 1. The van der Waals surface area contributed by atoms with Gasteiger partial charge in [-0.2, -0.15) is 0 Å². The van der Waals surface area contributed by atoms with Crippen molar-refractivity contribution in [2.75, 3.05) is 5.32 Å². The molecule has 0 bridgehead atoms. The first-order chi connectivity index (χ1) is 8.54. The van der Waals surface area contributed by atoms with E-state index >= 15 is 0 Å². The molecule has 18 heavy (non-hydrogen) atoms. The van der Waals surface area contributed by atoms with E-state index in [-0.39, 0.29) is 12.3 Å². The molecular formula is C11H10N2O3S2. The predicted octanol–water partition coefficient (Wildman–Crippen LogP) is 2.39. The monoisotopic (exact) mass is 282 g/mol. The van der Waals surface area contributed by atoms with E-state index in [9.17, 15) is 9.59 Å². The lowest BCUT2D eigenvalue weighted by Crippen LogP contribution is -2.10. The molecule has 0 unspecified atom stereocenters. The fourth-order valence-corrected chi connectivity index (χ4v) is 2.78. The molecule has 0 aliphatic heterocycles. The topological polar surface area (TPSA) is 79.3 Å². The molecular weight excluding hydrogens is 272 g/mol. The van der Waals surface area contributed by atoms with Crippen LogP contribution >= 0.6 is 22.7 Å². The number of thiophene rings is 1. The lowest BCUT2D eigenvalue weighted by atomic mass is 10.3. The summed E-state index contributed by atoms with van der Waals surface area (Å²) in [6.45, 7) is 1.93. The molecule has 0 atom stereocenters. The molecule has 0 fully saturated rings. The van der Waals surface area contributed by atoms with Crippen molar-refractivity contribution < 1.29 is 14.7 Å². The third-order valence-electron chi connectivity index (χ3n) is 2.07. The van der Waals surface area contributed by atoms with Crippen LogP contribution in [0.25, 0.3) is 0 Å². The highest BCUT2D eigenvalue weighted by Crippen LogP contribution is 2.20. The Kier molecular flexibility index (Phi) is 3.73. The van der Waals surface area contributed by atoms with Crippen LogP contribution in [0.2, 0.25) is 0 Å². The minimum atomic E-state index is -0.938. The molecule has 5 nitrogen and oxygen atoms in total. The Hall–Kier alpha value is -1.73. The van der Waals surface area contributed by atoms with Crippen LogP contribution in [0.3, 0.4) is 0 Å². The number of carboxylic acid groups (broad SMARTS) is 1. The third kappa shape index (κ3) is 3.14. The van der Waals surface area contributed by atoms with Crippen molar-refractivity contribution in [2.24, 2.45) is 0 Å². The van der Waals surface area contributed by atoms with E-state index in [0.29, 0.717) is 15.7 Å². The molecule has 1 amide bonds. The summed E-state index contributed by atoms with van der Waals surface area (Å²) in [6, 6.07) is 3.62. The summed E-state index contributed by atoms with van der Waals surface area (Å²) in [5.41, 5.74) is 0.449. The molecule has 2 heterocycles. The maximum atomic E-state index is 11.8. The Morgan fingerprint density at radius 2 is 2.22 bits per heavy atom. The lowest BCUT2D eigenvalue weighted by Gasteiger charge is -1.97. The van der Waals surface area contributed by atoms with Gasteiger partial charge in [0.05, 0.1) is 17.0 Å². The molecule has 2 aromatic heterocycles. The van der Waals surface area contributed by atoms with Crippen LogP contribution in [-0.4, -0.2) is 22.0 Å². The SMILES string of the molecule is Cc1ccc(C(=O)Nc2nc(CC(=O)O)cs2)s1. The predicted molar refractivity (Wildman–Crippen MR) is 70.5 cm³/mol. The number of hydrogen-bond donors (Lipinski definition) is 2. The number of anilines is 1. The van der Waals surface area contributed by atoms with Crippen LogP contribution in [0.5, 0.6) is 0 Å². The third-order valence-corrected chi connectivity index (χ3v) is 3.87. The minimum absolute atomic E-state index is 0.134. The van der Waals surface area contributed by atoms with Gasteiger partial charge in [-0.25, -0.2) is 4.98 Å². The molecule has 0 saturated heterocycles. The van der Waals surface area contributed by atoms with E-state index < -0.39 is 5.97 Å². The lowest BCUT2D eigenvalue weighted by molar-refractivity contribution is -0.136. The normalized spacial score (nSPS) is 10.3. The number of carbonyl (C=O) groups excluding carboxylic acids is 1. The summed E-state index contributed by atoms with van der Waals surface area (Å²) in [5.74, 6) is -1.16. The minimum Gasteiger partial charge on any atom is -0.481 e. The second kappa shape index (κ2) is 5.28. The number of aryl methyl sites for hydroxylation is 1. The van der Waals surface area contributed by atoms with Gasteiger partial charge in [-0.3, -0.25) is 14.9 Å². The largest absolute Gasteiger partial charge is 0.481 e. The van der Waals surface area contributed by atoms with Gasteiger partial charge in [-0.05, 0) is 19.1 Å². The van der Waals surface area contributed by atoms with Crippen molar-refractivity contribution in [1.82, 2.24) is 4.98 Å². The summed E-state index contributed by atoms with van der Waals surface area (Å²) >= 11 is 2.62. The van der Waals surface area contributed by atoms with Crippen molar-refractivity contribution in [3.8, 4) is 0 Å². The number of hydrogen-bond acceptors (Lipinski definition) is 5. The van der Waals surface area contributed by atoms with Crippen LogP contribution in [0, 0.1) is 6.92 Å².